The summed E-state index contributed by atoms with van der Waals surface area (Å²) < 4.78 is 12.7. The molecule has 0 aliphatic rings. The number of benzene rings is 1. The molecule has 3 nitrogen and oxygen atoms in total. The van der Waals surface area contributed by atoms with Crippen LogP contribution in [0.5, 0.6) is 0 Å². The predicted octanol–water partition coefficient (Wildman–Crippen LogP) is 2.10. The lowest BCUT2D eigenvalue weighted by atomic mass is 10.1. The second kappa shape index (κ2) is 5.90. The molecule has 0 aromatic heterocycles. The zero-order valence-electron chi connectivity index (χ0n) is 9.16. The number of nitrogens with one attached hydrogen (secondary N) is 1. The fourth-order valence-electron chi connectivity index (χ4n) is 1.27. The van der Waals surface area contributed by atoms with Gasteiger partial charge in [0.1, 0.15) is 5.82 Å². The van der Waals surface area contributed by atoms with Crippen molar-refractivity contribution >= 4 is 11.6 Å². The SMILES string of the molecule is C/C=C/CCNC(=O)c1ccc(F)cc1N. The molecule has 16 heavy (non-hydrogen) atoms. The first kappa shape index (κ1) is 12.2. The van der Waals surface area contributed by atoms with E-state index in [1.54, 1.807) is 0 Å². The monoisotopic (exact) mass is 222 g/mol. The lowest BCUT2D eigenvalue weighted by Crippen LogP contribution is -2.25. The number of rotatable bonds is 4. The molecule has 0 atom stereocenters. The third-order valence-electron chi connectivity index (χ3n) is 2.09. The highest BCUT2D eigenvalue weighted by molar-refractivity contribution is 5.99. The van der Waals surface area contributed by atoms with Gasteiger partial charge in [0.25, 0.3) is 5.91 Å². The molecule has 0 saturated carbocycles. The van der Waals surface area contributed by atoms with Gasteiger partial charge in [0.05, 0.1) is 5.56 Å². The Labute approximate surface area is 94.1 Å². The summed E-state index contributed by atoms with van der Waals surface area (Å²) in [5.41, 5.74) is 6.00. The Morgan fingerprint density at radius 2 is 2.31 bits per heavy atom. The van der Waals surface area contributed by atoms with Gasteiger partial charge < -0.3 is 11.1 Å². The number of carbonyl (C=O) groups is 1. The highest BCUT2D eigenvalue weighted by Gasteiger charge is 2.08. The molecule has 0 spiro atoms. The number of allylic oxidation sites excluding steroid dienone is 1. The molecule has 1 aromatic rings. The number of hydrogen-bond acceptors (Lipinski definition) is 2. The zero-order chi connectivity index (χ0) is 12.0. The summed E-state index contributed by atoms with van der Waals surface area (Å²) in [5, 5.41) is 2.70. The van der Waals surface area contributed by atoms with Crippen LogP contribution in [0.15, 0.2) is 30.4 Å². The van der Waals surface area contributed by atoms with E-state index in [9.17, 15) is 9.18 Å². The molecule has 1 rings (SSSR count). The fourth-order valence-corrected chi connectivity index (χ4v) is 1.27. The van der Waals surface area contributed by atoms with Crippen LogP contribution in [-0.4, -0.2) is 12.5 Å². The number of nitrogen functional groups attached to an aromatic ring is 1. The van der Waals surface area contributed by atoms with Crippen LogP contribution in [0.4, 0.5) is 10.1 Å². The number of hydrogen-bond donors (Lipinski definition) is 2. The first-order valence-corrected chi connectivity index (χ1v) is 5.09. The Bertz CT molecular complexity index is 402. The quantitative estimate of drug-likeness (QED) is 0.465. The molecule has 0 saturated heterocycles. The molecular weight excluding hydrogens is 207 g/mol. The van der Waals surface area contributed by atoms with Crippen LogP contribution in [0.3, 0.4) is 0 Å². The van der Waals surface area contributed by atoms with Gasteiger partial charge in [-0.15, -0.1) is 0 Å². The van der Waals surface area contributed by atoms with Crippen molar-refractivity contribution in [2.75, 3.05) is 12.3 Å². The first-order chi connectivity index (χ1) is 7.65. The van der Waals surface area contributed by atoms with Crippen molar-refractivity contribution in [2.24, 2.45) is 0 Å². The van der Waals surface area contributed by atoms with Gasteiger partial charge in [-0.25, -0.2) is 4.39 Å². The second-order valence-corrected chi connectivity index (χ2v) is 3.35. The van der Waals surface area contributed by atoms with Crippen LogP contribution >= 0.6 is 0 Å². The molecule has 0 aliphatic heterocycles. The van der Waals surface area contributed by atoms with Crippen molar-refractivity contribution in [3.8, 4) is 0 Å². The lowest BCUT2D eigenvalue weighted by molar-refractivity contribution is 0.0955. The average molecular weight is 222 g/mol. The molecular formula is C12H15FN2O. The number of anilines is 1. The van der Waals surface area contributed by atoms with Crippen LogP contribution in [0.25, 0.3) is 0 Å². The minimum Gasteiger partial charge on any atom is -0.398 e. The standard InChI is InChI=1S/C12H15FN2O/c1-2-3-4-7-15-12(16)10-6-5-9(13)8-11(10)14/h2-3,5-6,8H,4,7,14H2,1H3,(H,15,16)/b3-2+. The van der Waals surface area contributed by atoms with Gasteiger partial charge in [0.15, 0.2) is 0 Å². The van der Waals surface area contributed by atoms with Crippen molar-refractivity contribution in [3.05, 3.63) is 41.7 Å². The summed E-state index contributed by atoms with van der Waals surface area (Å²) >= 11 is 0. The summed E-state index contributed by atoms with van der Waals surface area (Å²) in [6.45, 7) is 2.46. The molecule has 0 radical (unpaired) electrons. The summed E-state index contributed by atoms with van der Waals surface area (Å²) in [6, 6.07) is 3.74. The van der Waals surface area contributed by atoms with Crippen LogP contribution in [-0.2, 0) is 0 Å². The van der Waals surface area contributed by atoms with Crippen LogP contribution in [0.2, 0.25) is 0 Å². The van der Waals surface area contributed by atoms with E-state index in [1.807, 2.05) is 19.1 Å². The third kappa shape index (κ3) is 3.38. The van der Waals surface area contributed by atoms with Gasteiger partial charge >= 0.3 is 0 Å². The van der Waals surface area contributed by atoms with Gasteiger partial charge in [0.2, 0.25) is 0 Å². The summed E-state index contributed by atoms with van der Waals surface area (Å²) in [6.07, 6.45) is 4.63. The van der Waals surface area contributed by atoms with Crippen molar-refractivity contribution in [1.82, 2.24) is 5.32 Å². The molecule has 1 aromatic carbocycles. The highest BCUT2D eigenvalue weighted by atomic mass is 19.1. The smallest absolute Gasteiger partial charge is 0.253 e. The van der Waals surface area contributed by atoms with Gasteiger partial charge in [-0.1, -0.05) is 12.2 Å². The van der Waals surface area contributed by atoms with Crippen LogP contribution in [0.1, 0.15) is 23.7 Å². The Hall–Kier alpha value is -1.84. The number of halogens is 1. The molecule has 1 amide bonds. The fraction of sp³-hybridized carbons (Fsp3) is 0.250. The van der Waals surface area contributed by atoms with E-state index in [2.05, 4.69) is 5.32 Å². The van der Waals surface area contributed by atoms with Gasteiger partial charge in [-0.05, 0) is 31.5 Å². The second-order valence-electron chi connectivity index (χ2n) is 3.35. The molecule has 0 fully saturated rings. The summed E-state index contributed by atoms with van der Waals surface area (Å²) in [5.74, 6) is -0.718. The Morgan fingerprint density at radius 1 is 1.56 bits per heavy atom. The van der Waals surface area contributed by atoms with E-state index < -0.39 is 5.82 Å². The lowest BCUT2D eigenvalue weighted by Gasteiger charge is -2.06. The van der Waals surface area contributed by atoms with Crippen molar-refractivity contribution in [3.63, 3.8) is 0 Å². The molecule has 4 heteroatoms. The van der Waals surface area contributed by atoms with E-state index in [0.717, 1.165) is 12.5 Å². The highest BCUT2D eigenvalue weighted by Crippen LogP contribution is 2.12. The summed E-state index contributed by atoms with van der Waals surface area (Å²) in [7, 11) is 0. The Kier molecular flexibility index (Phi) is 4.51. The van der Waals surface area contributed by atoms with Crippen LogP contribution in [0, 0.1) is 5.82 Å². The van der Waals surface area contributed by atoms with Gasteiger partial charge in [-0.3, -0.25) is 4.79 Å². The molecule has 86 valence electrons. The van der Waals surface area contributed by atoms with E-state index in [1.165, 1.54) is 12.1 Å². The minimum absolute atomic E-state index is 0.156. The molecule has 0 bridgehead atoms. The maximum absolute atomic E-state index is 12.7. The van der Waals surface area contributed by atoms with E-state index in [0.29, 0.717) is 12.1 Å². The van der Waals surface area contributed by atoms with E-state index >= 15 is 0 Å². The first-order valence-electron chi connectivity index (χ1n) is 5.09. The minimum atomic E-state index is -0.442. The van der Waals surface area contributed by atoms with Gasteiger partial charge in [0, 0.05) is 12.2 Å². The average Bonchev–Trinajstić information content (AvgIpc) is 2.24. The summed E-state index contributed by atoms with van der Waals surface area (Å²) in [4.78, 5) is 11.6. The topological polar surface area (TPSA) is 55.1 Å². The van der Waals surface area contributed by atoms with Crippen LogP contribution < -0.4 is 11.1 Å². The molecule has 0 heterocycles. The largest absolute Gasteiger partial charge is 0.398 e. The van der Waals surface area contributed by atoms with E-state index in [4.69, 9.17) is 5.73 Å². The maximum atomic E-state index is 12.7. The maximum Gasteiger partial charge on any atom is 0.253 e. The Balaban J connectivity index is 2.59. The van der Waals surface area contributed by atoms with Gasteiger partial charge in [-0.2, -0.15) is 0 Å². The number of carbonyl (C=O) groups excluding carboxylic acids is 1. The molecule has 0 aliphatic carbocycles. The predicted molar refractivity (Wildman–Crippen MR) is 62.6 cm³/mol. The van der Waals surface area contributed by atoms with Crippen molar-refractivity contribution in [2.45, 2.75) is 13.3 Å². The van der Waals surface area contributed by atoms with Crippen molar-refractivity contribution in [1.29, 1.82) is 0 Å². The number of amides is 1. The van der Waals surface area contributed by atoms with Crippen molar-refractivity contribution < 1.29 is 9.18 Å². The molecule has 3 N–H and O–H groups in total. The third-order valence-corrected chi connectivity index (χ3v) is 2.09. The molecule has 0 unspecified atom stereocenters. The Morgan fingerprint density at radius 3 is 2.94 bits per heavy atom. The van der Waals surface area contributed by atoms with E-state index in [-0.39, 0.29) is 11.6 Å². The normalized spacial score (nSPS) is 10.6. The zero-order valence-corrected chi connectivity index (χ0v) is 9.16. The number of nitrogens with two attached hydrogens (primary N) is 1.